The molecule has 0 N–H and O–H groups in total. The summed E-state index contributed by atoms with van der Waals surface area (Å²) in [5, 5.41) is 0. The molecule has 1 rings (SSSR count). The van der Waals surface area contributed by atoms with Gasteiger partial charge >= 0.3 is 5.97 Å². The lowest BCUT2D eigenvalue weighted by atomic mass is 9.75. The summed E-state index contributed by atoms with van der Waals surface area (Å²) in [5.41, 5.74) is 0. The van der Waals surface area contributed by atoms with Gasteiger partial charge in [-0.2, -0.15) is 0 Å². The normalized spacial score (nSPS) is 29.4. The molecular formula is C15H30O2Si. The standard InChI is InChI=1S/C15H30O2Si/c1-11(2)13-8-7-12(3)9-14(13)17-15(16)10-18(4,5)6/h11-14H,7-10H2,1-6H3/t12-,13+,14-/m1/s1. The highest BCUT2D eigenvalue weighted by Crippen LogP contribution is 2.35. The maximum atomic E-state index is 12.0. The van der Waals surface area contributed by atoms with E-state index in [9.17, 15) is 4.79 Å². The fourth-order valence-corrected chi connectivity index (χ4v) is 3.84. The van der Waals surface area contributed by atoms with Crippen molar-refractivity contribution in [3.63, 3.8) is 0 Å². The first-order chi connectivity index (χ1) is 8.19. The number of carbonyl (C=O) groups is 1. The first-order valence-corrected chi connectivity index (χ1v) is 11.1. The Kier molecular flexibility index (Phi) is 5.44. The molecule has 18 heavy (non-hydrogen) atoms. The largest absolute Gasteiger partial charge is 0.462 e. The third kappa shape index (κ3) is 5.13. The molecule has 0 aromatic carbocycles. The van der Waals surface area contributed by atoms with Gasteiger partial charge in [0.05, 0.1) is 8.07 Å². The van der Waals surface area contributed by atoms with E-state index in [0.29, 0.717) is 23.8 Å². The molecule has 2 nitrogen and oxygen atoms in total. The van der Waals surface area contributed by atoms with Crippen LogP contribution < -0.4 is 0 Å². The maximum Gasteiger partial charge on any atom is 0.303 e. The van der Waals surface area contributed by atoms with Crippen LogP contribution in [0.25, 0.3) is 0 Å². The van der Waals surface area contributed by atoms with Gasteiger partial charge in [-0.15, -0.1) is 0 Å². The minimum atomic E-state index is -1.35. The van der Waals surface area contributed by atoms with E-state index in [1.165, 1.54) is 12.8 Å². The smallest absolute Gasteiger partial charge is 0.303 e. The topological polar surface area (TPSA) is 26.3 Å². The van der Waals surface area contributed by atoms with Crippen molar-refractivity contribution in [3.05, 3.63) is 0 Å². The molecule has 0 amide bonds. The fraction of sp³-hybridized carbons (Fsp3) is 0.933. The van der Waals surface area contributed by atoms with Gasteiger partial charge in [-0.05, 0) is 30.6 Å². The second kappa shape index (κ2) is 6.22. The van der Waals surface area contributed by atoms with Gasteiger partial charge in [0.25, 0.3) is 0 Å². The first kappa shape index (κ1) is 15.7. The summed E-state index contributed by atoms with van der Waals surface area (Å²) in [6.45, 7) is 13.4. The van der Waals surface area contributed by atoms with Crippen LogP contribution in [-0.4, -0.2) is 20.1 Å². The lowest BCUT2D eigenvalue weighted by Crippen LogP contribution is -2.37. The Hall–Kier alpha value is -0.313. The van der Waals surface area contributed by atoms with Crippen LogP contribution in [0.5, 0.6) is 0 Å². The van der Waals surface area contributed by atoms with Gasteiger partial charge in [0, 0.05) is 6.04 Å². The molecule has 3 atom stereocenters. The fourth-order valence-electron chi connectivity index (χ4n) is 2.89. The Labute approximate surface area is 113 Å². The summed E-state index contributed by atoms with van der Waals surface area (Å²) in [6.07, 6.45) is 3.71. The Morgan fingerprint density at radius 3 is 2.39 bits per heavy atom. The molecular weight excluding hydrogens is 240 g/mol. The summed E-state index contributed by atoms with van der Waals surface area (Å²) in [6, 6.07) is 0.655. The minimum absolute atomic E-state index is 0.0407. The van der Waals surface area contributed by atoms with E-state index >= 15 is 0 Å². The van der Waals surface area contributed by atoms with E-state index in [-0.39, 0.29) is 12.1 Å². The molecule has 0 heterocycles. The summed E-state index contributed by atoms with van der Waals surface area (Å²) in [5.74, 6) is 1.91. The molecule has 0 spiro atoms. The molecule has 1 aliphatic rings. The predicted octanol–water partition coefficient (Wildman–Crippen LogP) is 4.33. The van der Waals surface area contributed by atoms with E-state index in [1.807, 2.05) is 0 Å². The molecule has 0 radical (unpaired) electrons. The van der Waals surface area contributed by atoms with E-state index in [0.717, 1.165) is 6.42 Å². The van der Waals surface area contributed by atoms with Crippen LogP contribution in [0.1, 0.15) is 40.0 Å². The van der Waals surface area contributed by atoms with Crippen LogP contribution in [0, 0.1) is 17.8 Å². The van der Waals surface area contributed by atoms with E-state index in [2.05, 4.69) is 40.4 Å². The van der Waals surface area contributed by atoms with Gasteiger partial charge in [-0.1, -0.05) is 46.8 Å². The molecule has 1 aliphatic carbocycles. The second-order valence-electron chi connectivity index (χ2n) is 7.59. The monoisotopic (exact) mass is 270 g/mol. The predicted molar refractivity (Wildman–Crippen MR) is 79.4 cm³/mol. The number of hydrogen-bond donors (Lipinski definition) is 0. The highest BCUT2D eigenvalue weighted by Gasteiger charge is 2.34. The van der Waals surface area contributed by atoms with E-state index < -0.39 is 8.07 Å². The maximum absolute atomic E-state index is 12.0. The number of ether oxygens (including phenoxy) is 1. The molecule has 106 valence electrons. The van der Waals surface area contributed by atoms with Crippen molar-refractivity contribution in [2.75, 3.05) is 0 Å². The highest BCUT2D eigenvalue weighted by molar-refractivity contribution is 6.78. The van der Waals surface area contributed by atoms with Crippen molar-refractivity contribution in [2.24, 2.45) is 17.8 Å². The summed E-state index contributed by atoms with van der Waals surface area (Å²) >= 11 is 0. The van der Waals surface area contributed by atoms with Gasteiger partial charge in [0.15, 0.2) is 0 Å². The van der Waals surface area contributed by atoms with Crippen LogP contribution in [0.4, 0.5) is 0 Å². The minimum Gasteiger partial charge on any atom is -0.462 e. The number of rotatable bonds is 4. The lowest BCUT2D eigenvalue weighted by Gasteiger charge is -2.37. The van der Waals surface area contributed by atoms with Crippen LogP contribution in [0.2, 0.25) is 25.7 Å². The molecule has 0 unspecified atom stereocenters. The first-order valence-electron chi connectivity index (χ1n) is 7.38. The van der Waals surface area contributed by atoms with Crippen LogP contribution >= 0.6 is 0 Å². The highest BCUT2D eigenvalue weighted by atomic mass is 28.3. The van der Waals surface area contributed by atoms with Crippen LogP contribution in [0.3, 0.4) is 0 Å². The number of hydrogen-bond acceptors (Lipinski definition) is 2. The zero-order valence-electron chi connectivity index (χ0n) is 13.0. The van der Waals surface area contributed by atoms with Gasteiger partial charge in [-0.25, -0.2) is 0 Å². The zero-order chi connectivity index (χ0) is 13.9. The molecule has 0 aromatic heterocycles. The van der Waals surface area contributed by atoms with E-state index in [1.54, 1.807) is 0 Å². The molecule has 0 aliphatic heterocycles. The van der Waals surface area contributed by atoms with Crippen LogP contribution in [0.15, 0.2) is 0 Å². The Bertz CT molecular complexity index is 281. The molecule has 0 saturated heterocycles. The Balaban J connectivity index is 2.58. The van der Waals surface area contributed by atoms with Gasteiger partial charge in [0.1, 0.15) is 6.10 Å². The van der Waals surface area contributed by atoms with Gasteiger partial charge in [-0.3, -0.25) is 4.79 Å². The Morgan fingerprint density at radius 2 is 1.89 bits per heavy atom. The average molecular weight is 270 g/mol. The third-order valence-corrected chi connectivity index (χ3v) is 5.27. The average Bonchev–Trinajstić information content (AvgIpc) is 2.13. The Morgan fingerprint density at radius 1 is 1.28 bits per heavy atom. The van der Waals surface area contributed by atoms with Crippen molar-refractivity contribution in [1.29, 1.82) is 0 Å². The third-order valence-electron chi connectivity index (χ3n) is 3.92. The molecule has 3 heteroatoms. The molecule has 1 fully saturated rings. The van der Waals surface area contributed by atoms with Crippen molar-refractivity contribution in [3.8, 4) is 0 Å². The van der Waals surface area contributed by atoms with Crippen molar-refractivity contribution < 1.29 is 9.53 Å². The molecule has 0 aromatic rings. The second-order valence-corrected chi connectivity index (χ2v) is 13.1. The van der Waals surface area contributed by atoms with Crippen LogP contribution in [-0.2, 0) is 9.53 Å². The summed E-state index contributed by atoms with van der Waals surface area (Å²) in [4.78, 5) is 12.0. The summed E-state index contributed by atoms with van der Waals surface area (Å²) < 4.78 is 5.81. The number of esters is 1. The quantitative estimate of drug-likeness (QED) is 0.561. The SMILES string of the molecule is CC(C)[C@@H]1CC[C@@H](C)C[C@H]1OC(=O)C[Si](C)(C)C. The van der Waals surface area contributed by atoms with Crippen molar-refractivity contribution in [1.82, 2.24) is 0 Å². The van der Waals surface area contributed by atoms with Crippen molar-refractivity contribution >= 4 is 14.0 Å². The summed E-state index contributed by atoms with van der Waals surface area (Å²) in [7, 11) is -1.35. The van der Waals surface area contributed by atoms with Crippen molar-refractivity contribution in [2.45, 2.75) is 71.8 Å². The zero-order valence-corrected chi connectivity index (χ0v) is 14.0. The van der Waals surface area contributed by atoms with Gasteiger partial charge < -0.3 is 4.74 Å². The van der Waals surface area contributed by atoms with Gasteiger partial charge in [0.2, 0.25) is 0 Å². The molecule has 0 bridgehead atoms. The van der Waals surface area contributed by atoms with E-state index in [4.69, 9.17) is 4.74 Å². The number of carbonyl (C=O) groups excluding carboxylic acids is 1. The lowest BCUT2D eigenvalue weighted by molar-refractivity contribution is -0.153. The molecule has 1 saturated carbocycles.